The van der Waals surface area contributed by atoms with Crippen molar-refractivity contribution in [2.45, 2.75) is 25.3 Å². The molecule has 4 nitrogen and oxygen atoms in total. The molecule has 0 unspecified atom stereocenters. The summed E-state index contributed by atoms with van der Waals surface area (Å²) in [4.78, 5) is 12.7. The van der Waals surface area contributed by atoms with Crippen molar-refractivity contribution in [3.8, 4) is 0 Å². The predicted octanol–water partition coefficient (Wildman–Crippen LogP) is 2.65. The average Bonchev–Trinajstić information content (AvgIpc) is 2.65. The van der Waals surface area contributed by atoms with Gasteiger partial charge in [0, 0.05) is 0 Å². The molecule has 0 atom stereocenters. The lowest BCUT2D eigenvalue weighted by Gasteiger charge is -2.14. The van der Waals surface area contributed by atoms with Gasteiger partial charge in [0.15, 0.2) is 0 Å². The SMILES string of the molecule is Cc1ccc2c(c1C)C(=O)N(Cc1ccccc1)S2(=O)=O. The van der Waals surface area contributed by atoms with Gasteiger partial charge in [0.2, 0.25) is 0 Å². The molecule has 1 aliphatic rings. The molecule has 1 heterocycles. The molecular weight excluding hydrogens is 286 g/mol. The van der Waals surface area contributed by atoms with Gasteiger partial charge in [0.1, 0.15) is 4.90 Å². The largest absolute Gasteiger partial charge is 0.269 e. The number of rotatable bonds is 2. The van der Waals surface area contributed by atoms with Gasteiger partial charge >= 0.3 is 0 Å². The highest BCUT2D eigenvalue weighted by molar-refractivity contribution is 7.90. The van der Waals surface area contributed by atoms with Crippen LogP contribution in [0.15, 0.2) is 47.4 Å². The van der Waals surface area contributed by atoms with E-state index in [0.29, 0.717) is 5.56 Å². The quantitative estimate of drug-likeness (QED) is 0.857. The minimum Gasteiger partial charge on any atom is -0.268 e. The summed E-state index contributed by atoms with van der Waals surface area (Å²) < 4.78 is 26.1. The Hall–Kier alpha value is -2.14. The molecule has 0 aliphatic carbocycles. The normalized spacial score (nSPS) is 16.1. The molecule has 0 bridgehead atoms. The lowest BCUT2D eigenvalue weighted by Crippen LogP contribution is -2.29. The van der Waals surface area contributed by atoms with E-state index in [1.54, 1.807) is 13.0 Å². The topological polar surface area (TPSA) is 54.5 Å². The van der Waals surface area contributed by atoms with Gasteiger partial charge < -0.3 is 0 Å². The Morgan fingerprint density at radius 1 is 1.00 bits per heavy atom. The van der Waals surface area contributed by atoms with Gasteiger partial charge in [-0.05, 0) is 36.6 Å². The third-order valence-corrected chi connectivity index (χ3v) is 5.65. The fourth-order valence-electron chi connectivity index (χ4n) is 2.53. The first-order chi connectivity index (χ1) is 9.93. The van der Waals surface area contributed by atoms with Gasteiger partial charge in [0.05, 0.1) is 12.1 Å². The van der Waals surface area contributed by atoms with Gasteiger partial charge in [-0.1, -0.05) is 36.4 Å². The molecule has 21 heavy (non-hydrogen) atoms. The third-order valence-electron chi connectivity index (χ3n) is 3.88. The maximum Gasteiger partial charge on any atom is 0.269 e. The van der Waals surface area contributed by atoms with Crippen molar-refractivity contribution < 1.29 is 13.2 Å². The number of nitrogens with zero attached hydrogens (tertiary/aromatic N) is 1. The molecule has 0 saturated heterocycles. The summed E-state index contributed by atoms with van der Waals surface area (Å²) >= 11 is 0. The number of benzene rings is 2. The number of hydrogen-bond donors (Lipinski definition) is 0. The van der Waals surface area contributed by atoms with Crippen LogP contribution in [0.3, 0.4) is 0 Å². The first-order valence-corrected chi connectivity index (χ1v) is 8.08. The molecule has 0 N–H and O–H groups in total. The number of fused-ring (bicyclic) bond motifs is 1. The van der Waals surface area contributed by atoms with Crippen LogP contribution in [0.5, 0.6) is 0 Å². The Bertz CT molecular complexity index is 826. The number of hydrogen-bond acceptors (Lipinski definition) is 3. The summed E-state index contributed by atoms with van der Waals surface area (Å²) in [5.74, 6) is -0.435. The van der Waals surface area contributed by atoms with E-state index in [-0.39, 0.29) is 11.4 Å². The smallest absolute Gasteiger partial charge is 0.268 e. The number of amides is 1. The van der Waals surface area contributed by atoms with Crippen LogP contribution in [-0.4, -0.2) is 18.6 Å². The minimum absolute atomic E-state index is 0.0647. The second-order valence-corrected chi connectivity index (χ2v) is 7.01. The highest BCUT2D eigenvalue weighted by atomic mass is 32.2. The Kier molecular flexibility index (Phi) is 3.10. The Balaban J connectivity index is 2.10. The summed E-state index contributed by atoms with van der Waals surface area (Å²) in [7, 11) is -3.75. The molecular formula is C16H15NO3S. The van der Waals surface area contributed by atoms with Crippen LogP contribution in [0.2, 0.25) is 0 Å². The third kappa shape index (κ3) is 2.05. The van der Waals surface area contributed by atoms with E-state index in [9.17, 15) is 13.2 Å². The number of sulfonamides is 1. The molecule has 0 aromatic heterocycles. The summed E-state index contributed by atoms with van der Waals surface area (Å²) in [5.41, 5.74) is 2.75. The second-order valence-electron chi connectivity index (χ2n) is 5.18. The summed E-state index contributed by atoms with van der Waals surface area (Å²) in [6, 6.07) is 12.4. The molecule has 0 fully saturated rings. The minimum atomic E-state index is -3.75. The van der Waals surface area contributed by atoms with Crippen molar-refractivity contribution >= 4 is 15.9 Å². The van der Waals surface area contributed by atoms with E-state index < -0.39 is 15.9 Å². The zero-order chi connectivity index (χ0) is 15.2. The van der Waals surface area contributed by atoms with E-state index in [2.05, 4.69) is 0 Å². The van der Waals surface area contributed by atoms with Crippen molar-refractivity contribution in [1.29, 1.82) is 0 Å². The molecule has 2 aromatic rings. The van der Waals surface area contributed by atoms with E-state index in [1.807, 2.05) is 37.3 Å². The molecule has 1 amide bonds. The Labute approximate surface area is 124 Å². The fraction of sp³-hybridized carbons (Fsp3) is 0.188. The zero-order valence-electron chi connectivity index (χ0n) is 11.8. The van der Waals surface area contributed by atoms with Gasteiger partial charge in [-0.25, -0.2) is 12.7 Å². The van der Waals surface area contributed by atoms with Crippen LogP contribution < -0.4 is 0 Å². The van der Waals surface area contributed by atoms with Crippen LogP contribution in [-0.2, 0) is 16.6 Å². The average molecular weight is 301 g/mol. The van der Waals surface area contributed by atoms with Crippen LogP contribution in [0.4, 0.5) is 0 Å². The summed E-state index contributed by atoms with van der Waals surface area (Å²) in [5, 5.41) is 0. The molecule has 2 aromatic carbocycles. The van der Waals surface area contributed by atoms with Crippen LogP contribution in [0, 0.1) is 13.8 Å². The standard InChI is InChI=1S/C16H15NO3S/c1-11-8-9-14-15(12(11)2)16(18)17(21(14,19)20)10-13-6-4-3-5-7-13/h3-9H,10H2,1-2H3. The number of carbonyl (C=O) groups is 1. The van der Waals surface area contributed by atoms with Crippen molar-refractivity contribution in [2.24, 2.45) is 0 Å². The lowest BCUT2D eigenvalue weighted by atomic mass is 10.0. The molecule has 0 saturated carbocycles. The Morgan fingerprint density at radius 3 is 2.33 bits per heavy atom. The predicted molar refractivity (Wildman–Crippen MR) is 79.4 cm³/mol. The molecule has 108 valence electrons. The molecule has 5 heteroatoms. The monoisotopic (exact) mass is 301 g/mol. The van der Waals surface area contributed by atoms with Crippen LogP contribution in [0.25, 0.3) is 0 Å². The van der Waals surface area contributed by atoms with E-state index in [1.165, 1.54) is 6.07 Å². The highest BCUT2D eigenvalue weighted by Gasteiger charge is 2.42. The first-order valence-electron chi connectivity index (χ1n) is 6.64. The highest BCUT2D eigenvalue weighted by Crippen LogP contribution is 2.34. The number of aryl methyl sites for hydroxylation is 1. The maximum atomic E-state index is 12.6. The van der Waals surface area contributed by atoms with E-state index in [4.69, 9.17) is 0 Å². The first kappa shape index (κ1) is 13.8. The summed E-state index contributed by atoms with van der Waals surface area (Å²) in [6.07, 6.45) is 0. The van der Waals surface area contributed by atoms with Crippen LogP contribution in [0.1, 0.15) is 27.0 Å². The van der Waals surface area contributed by atoms with E-state index in [0.717, 1.165) is 21.0 Å². The van der Waals surface area contributed by atoms with Crippen molar-refractivity contribution in [3.05, 3.63) is 64.7 Å². The van der Waals surface area contributed by atoms with Crippen molar-refractivity contribution in [1.82, 2.24) is 4.31 Å². The van der Waals surface area contributed by atoms with Gasteiger partial charge in [0.25, 0.3) is 15.9 Å². The summed E-state index contributed by atoms with van der Waals surface area (Å²) in [6.45, 7) is 3.72. The molecule has 3 rings (SSSR count). The maximum absolute atomic E-state index is 12.6. The van der Waals surface area contributed by atoms with Crippen molar-refractivity contribution in [2.75, 3.05) is 0 Å². The van der Waals surface area contributed by atoms with E-state index >= 15 is 0 Å². The Morgan fingerprint density at radius 2 is 1.67 bits per heavy atom. The molecule has 0 spiro atoms. The van der Waals surface area contributed by atoms with Gasteiger partial charge in [-0.3, -0.25) is 4.79 Å². The van der Waals surface area contributed by atoms with Crippen LogP contribution >= 0.6 is 0 Å². The zero-order valence-corrected chi connectivity index (χ0v) is 12.6. The number of carbonyl (C=O) groups excluding carboxylic acids is 1. The lowest BCUT2D eigenvalue weighted by molar-refractivity contribution is 0.0864. The molecule has 0 radical (unpaired) electrons. The van der Waals surface area contributed by atoms with Crippen molar-refractivity contribution in [3.63, 3.8) is 0 Å². The van der Waals surface area contributed by atoms with Gasteiger partial charge in [-0.2, -0.15) is 0 Å². The van der Waals surface area contributed by atoms with Gasteiger partial charge in [-0.15, -0.1) is 0 Å². The second kappa shape index (κ2) is 4.70. The molecule has 1 aliphatic heterocycles. The fourth-order valence-corrected chi connectivity index (χ4v) is 4.13.